The lowest BCUT2D eigenvalue weighted by Crippen LogP contribution is -2.52. The largest absolute Gasteiger partial charge is 0.501 e. The van der Waals surface area contributed by atoms with Crippen LogP contribution in [0.25, 0.3) is 0 Å². The van der Waals surface area contributed by atoms with E-state index in [1.54, 1.807) is 12.1 Å². The van der Waals surface area contributed by atoms with Crippen LogP contribution >= 0.6 is 0 Å². The summed E-state index contributed by atoms with van der Waals surface area (Å²) in [5.74, 6) is -1.05. The number of aromatic nitrogens is 2. The van der Waals surface area contributed by atoms with Crippen LogP contribution < -0.4 is 16.6 Å². The molecular formula is C19H21FN4O3. The van der Waals surface area contributed by atoms with Crippen LogP contribution in [0, 0.1) is 11.7 Å². The number of nitrogens with zero attached hydrogens (tertiary/aromatic N) is 2. The number of carbonyl (C=O) groups excluding carboxylic acids is 1. The van der Waals surface area contributed by atoms with E-state index in [-0.39, 0.29) is 24.0 Å². The molecule has 4 N–H and O–H groups in total. The second-order valence-corrected chi connectivity index (χ2v) is 7.48. The number of nitrogens with one attached hydrogen (secondary N) is 1. The minimum absolute atomic E-state index is 0.120. The zero-order chi connectivity index (χ0) is 19.2. The van der Waals surface area contributed by atoms with Crippen molar-refractivity contribution in [3.05, 3.63) is 57.5 Å². The second kappa shape index (κ2) is 6.45. The van der Waals surface area contributed by atoms with Crippen LogP contribution in [0.2, 0.25) is 0 Å². The zero-order valence-corrected chi connectivity index (χ0v) is 14.7. The van der Waals surface area contributed by atoms with Gasteiger partial charge in [-0.3, -0.25) is 14.2 Å². The van der Waals surface area contributed by atoms with E-state index >= 15 is 0 Å². The Bertz CT molecular complexity index is 957. The van der Waals surface area contributed by atoms with Gasteiger partial charge >= 0.3 is 0 Å². The van der Waals surface area contributed by atoms with Gasteiger partial charge < -0.3 is 16.2 Å². The summed E-state index contributed by atoms with van der Waals surface area (Å²) in [6.07, 6.45) is 3.35. The normalized spacial score (nSPS) is 23.6. The first-order chi connectivity index (χ1) is 12.9. The van der Waals surface area contributed by atoms with E-state index in [0.717, 1.165) is 19.3 Å². The number of halogens is 1. The van der Waals surface area contributed by atoms with Crippen LogP contribution in [0.15, 0.2) is 29.1 Å². The van der Waals surface area contributed by atoms with Gasteiger partial charge in [-0.05, 0) is 42.9 Å². The van der Waals surface area contributed by atoms with E-state index in [1.807, 2.05) is 0 Å². The molecule has 1 fully saturated rings. The molecule has 2 heterocycles. The van der Waals surface area contributed by atoms with Gasteiger partial charge in [0.1, 0.15) is 11.6 Å². The molecule has 1 saturated carbocycles. The van der Waals surface area contributed by atoms with Crippen molar-refractivity contribution in [2.24, 2.45) is 11.7 Å². The molecule has 2 aromatic rings. The fourth-order valence-electron chi connectivity index (χ4n) is 4.16. The van der Waals surface area contributed by atoms with Gasteiger partial charge in [0.25, 0.3) is 11.5 Å². The molecule has 2 bridgehead atoms. The van der Waals surface area contributed by atoms with E-state index in [2.05, 4.69) is 10.3 Å². The number of rotatable bonds is 3. The Morgan fingerprint density at radius 1 is 1.41 bits per heavy atom. The summed E-state index contributed by atoms with van der Waals surface area (Å²) in [6, 6.07) is 5.67. The summed E-state index contributed by atoms with van der Waals surface area (Å²) >= 11 is 0. The Morgan fingerprint density at radius 2 is 2.15 bits per heavy atom. The molecule has 1 amide bonds. The molecular weight excluding hydrogens is 351 g/mol. The first-order valence-corrected chi connectivity index (χ1v) is 9.03. The fourth-order valence-corrected chi connectivity index (χ4v) is 4.16. The molecule has 27 heavy (non-hydrogen) atoms. The lowest BCUT2D eigenvalue weighted by Gasteiger charge is -2.43. The molecule has 1 aromatic heterocycles. The standard InChI is InChI=1S/C19H21FN4O3/c20-13-5-3-11(4-6-13)9-22-16(26)14-15(25)17(27)24-10-12-2-1-7-19(21,8-12)18(24)23-14/h3-6,12,25H,1-2,7-10,21H2,(H,22,26). The first kappa shape index (κ1) is 17.7. The third kappa shape index (κ3) is 3.10. The number of aromatic hydroxyl groups is 1. The van der Waals surface area contributed by atoms with E-state index in [1.165, 1.54) is 16.7 Å². The molecule has 0 radical (unpaired) electrons. The third-order valence-corrected chi connectivity index (χ3v) is 5.50. The maximum absolute atomic E-state index is 13.0. The van der Waals surface area contributed by atoms with Crippen LogP contribution in [-0.2, 0) is 18.6 Å². The highest BCUT2D eigenvalue weighted by Gasteiger charge is 2.43. The molecule has 2 atom stereocenters. The van der Waals surface area contributed by atoms with E-state index in [0.29, 0.717) is 24.4 Å². The van der Waals surface area contributed by atoms with Gasteiger partial charge in [-0.25, -0.2) is 9.37 Å². The Hall–Kier alpha value is -2.74. The van der Waals surface area contributed by atoms with Crippen LogP contribution in [-0.4, -0.2) is 20.6 Å². The molecule has 4 rings (SSSR count). The van der Waals surface area contributed by atoms with Crippen molar-refractivity contribution in [1.29, 1.82) is 0 Å². The Labute approximate surface area is 155 Å². The average Bonchev–Trinajstić information content (AvgIpc) is 2.64. The SMILES string of the molecule is NC12CCCC(Cn3c1nc(C(=O)NCc1ccc(F)cc1)c(O)c3=O)C2. The van der Waals surface area contributed by atoms with Crippen molar-refractivity contribution in [2.75, 3.05) is 0 Å². The first-order valence-electron chi connectivity index (χ1n) is 9.03. The summed E-state index contributed by atoms with van der Waals surface area (Å²) < 4.78 is 14.4. The van der Waals surface area contributed by atoms with E-state index in [9.17, 15) is 19.1 Å². The van der Waals surface area contributed by atoms with Gasteiger partial charge in [-0.2, -0.15) is 0 Å². The quantitative estimate of drug-likeness (QED) is 0.754. The van der Waals surface area contributed by atoms with Gasteiger partial charge in [0.05, 0.1) is 5.54 Å². The maximum atomic E-state index is 13.0. The summed E-state index contributed by atoms with van der Waals surface area (Å²) in [5.41, 5.74) is 5.49. The van der Waals surface area contributed by atoms with Gasteiger partial charge in [0, 0.05) is 13.1 Å². The van der Waals surface area contributed by atoms with Gasteiger partial charge in [0.2, 0.25) is 5.75 Å². The van der Waals surface area contributed by atoms with Gasteiger partial charge in [-0.15, -0.1) is 0 Å². The number of hydrogen-bond donors (Lipinski definition) is 3. The van der Waals surface area contributed by atoms with E-state index in [4.69, 9.17) is 5.73 Å². The predicted octanol–water partition coefficient (Wildman–Crippen LogP) is 1.38. The van der Waals surface area contributed by atoms with Gasteiger partial charge in [0.15, 0.2) is 5.69 Å². The average molecular weight is 372 g/mol. The van der Waals surface area contributed by atoms with Crippen molar-refractivity contribution in [2.45, 2.75) is 44.3 Å². The van der Waals surface area contributed by atoms with Crippen molar-refractivity contribution >= 4 is 5.91 Å². The number of fused-ring (bicyclic) bond motifs is 4. The van der Waals surface area contributed by atoms with Crippen molar-refractivity contribution in [1.82, 2.24) is 14.9 Å². The molecule has 1 aromatic carbocycles. The van der Waals surface area contributed by atoms with Crippen LogP contribution in [0.1, 0.15) is 47.6 Å². The maximum Gasteiger partial charge on any atom is 0.296 e. The number of benzene rings is 1. The molecule has 7 nitrogen and oxygen atoms in total. The summed E-state index contributed by atoms with van der Waals surface area (Å²) in [7, 11) is 0. The molecule has 1 aliphatic carbocycles. The van der Waals surface area contributed by atoms with Crippen molar-refractivity contribution in [3.8, 4) is 5.75 Å². The summed E-state index contributed by atoms with van der Waals surface area (Å²) in [5, 5.41) is 12.9. The fraction of sp³-hybridized carbons (Fsp3) is 0.421. The highest BCUT2D eigenvalue weighted by atomic mass is 19.1. The Balaban J connectivity index is 1.64. The number of nitrogens with two attached hydrogens (primary N) is 1. The molecule has 2 unspecified atom stereocenters. The minimum atomic E-state index is -0.750. The lowest BCUT2D eigenvalue weighted by molar-refractivity contribution is 0.0937. The number of amides is 1. The Morgan fingerprint density at radius 3 is 2.89 bits per heavy atom. The molecule has 0 saturated heterocycles. The molecule has 0 spiro atoms. The minimum Gasteiger partial charge on any atom is -0.501 e. The topological polar surface area (TPSA) is 110 Å². The van der Waals surface area contributed by atoms with Crippen molar-refractivity contribution in [3.63, 3.8) is 0 Å². The lowest BCUT2D eigenvalue weighted by atomic mass is 9.73. The smallest absolute Gasteiger partial charge is 0.296 e. The molecule has 142 valence electrons. The molecule has 8 heteroatoms. The highest BCUT2D eigenvalue weighted by molar-refractivity contribution is 5.94. The third-order valence-electron chi connectivity index (χ3n) is 5.50. The molecule has 2 aliphatic rings. The predicted molar refractivity (Wildman–Crippen MR) is 95.6 cm³/mol. The Kier molecular flexibility index (Phi) is 4.22. The zero-order valence-electron chi connectivity index (χ0n) is 14.7. The highest BCUT2D eigenvalue weighted by Crippen LogP contribution is 2.41. The second-order valence-electron chi connectivity index (χ2n) is 7.48. The number of carbonyl (C=O) groups is 1. The van der Waals surface area contributed by atoms with Crippen LogP contribution in [0.4, 0.5) is 4.39 Å². The van der Waals surface area contributed by atoms with Crippen LogP contribution in [0.5, 0.6) is 5.75 Å². The number of hydrogen-bond acceptors (Lipinski definition) is 5. The van der Waals surface area contributed by atoms with Gasteiger partial charge in [-0.1, -0.05) is 18.6 Å². The van der Waals surface area contributed by atoms with Crippen LogP contribution in [0.3, 0.4) is 0 Å². The van der Waals surface area contributed by atoms with Crippen molar-refractivity contribution < 1.29 is 14.3 Å². The summed E-state index contributed by atoms with van der Waals surface area (Å²) in [6.45, 7) is 0.583. The summed E-state index contributed by atoms with van der Waals surface area (Å²) in [4.78, 5) is 29.5. The van der Waals surface area contributed by atoms with E-state index < -0.39 is 22.8 Å². The monoisotopic (exact) mass is 372 g/mol. The molecule has 1 aliphatic heterocycles.